The van der Waals surface area contributed by atoms with E-state index < -0.39 is 0 Å². The van der Waals surface area contributed by atoms with Gasteiger partial charge in [-0.1, -0.05) is 140 Å². The number of anilines is 3. The average molecular weight is 656 g/mol. The fourth-order valence-corrected chi connectivity index (χ4v) is 7.92. The van der Waals surface area contributed by atoms with Gasteiger partial charge in [-0.3, -0.25) is 0 Å². The van der Waals surface area contributed by atoms with Crippen LogP contribution >= 0.6 is 0 Å². The molecule has 2 aliphatic rings. The molecule has 1 aliphatic carbocycles. The Morgan fingerprint density at radius 2 is 1.16 bits per heavy atom. The Morgan fingerprint density at radius 1 is 0.490 bits per heavy atom. The van der Waals surface area contributed by atoms with Gasteiger partial charge in [0.05, 0.1) is 22.7 Å². The molecular weight excluding hydrogens is 623 g/mol. The number of rotatable bonds is 6. The Balaban J connectivity index is 1.12. The van der Waals surface area contributed by atoms with Crippen LogP contribution in [0.3, 0.4) is 0 Å². The molecule has 1 aromatic heterocycles. The normalized spacial score (nSPS) is 16.0. The summed E-state index contributed by atoms with van der Waals surface area (Å²) in [6.07, 6.45) is 6.55. The molecule has 0 fully saturated rings. The van der Waals surface area contributed by atoms with Gasteiger partial charge in [0.1, 0.15) is 23.0 Å². The number of ether oxygens (including phenoxy) is 1. The Bertz CT molecular complexity index is 2610. The highest BCUT2D eigenvalue weighted by Gasteiger charge is 2.37. The van der Waals surface area contributed by atoms with E-state index in [4.69, 9.17) is 9.15 Å². The summed E-state index contributed by atoms with van der Waals surface area (Å²) >= 11 is 0. The zero-order chi connectivity index (χ0) is 33.7. The number of allylic oxidation sites excluding steroid dienone is 2. The van der Waals surface area contributed by atoms with Crippen molar-refractivity contribution in [3.05, 3.63) is 199 Å². The number of benzene rings is 7. The summed E-state index contributed by atoms with van der Waals surface area (Å²) < 4.78 is 12.8. The molecule has 51 heavy (non-hydrogen) atoms. The van der Waals surface area contributed by atoms with Gasteiger partial charge in [-0.05, 0) is 76.4 Å². The molecule has 0 saturated carbocycles. The SMILES string of the molecule is C1=CC2Oc3ccccc3C2C(c2ccc(N(c3ccccc3-c3ccc(-c4ccccc4)cc3)c3cccc4oc5ccccc5c34)cc2)=C1. The fraction of sp³-hybridized carbons (Fsp3) is 0.0417. The van der Waals surface area contributed by atoms with Gasteiger partial charge in [0, 0.05) is 22.2 Å². The number of hydrogen-bond donors (Lipinski definition) is 0. The summed E-state index contributed by atoms with van der Waals surface area (Å²) in [6, 6.07) is 60.3. The molecule has 1 aliphatic heterocycles. The van der Waals surface area contributed by atoms with Crippen molar-refractivity contribution >= 4 is 44.6 Å². The third kappa shape index (κ3) is 4.97. The first-order valence-electron chi connectivity index (χ1n) is 17.5. The van der Waals surface area contributed by atoms with Crippen LogP contribution in [0.25, 0.3) is 49.8 Å². The first kappa shape index (κ1) is 29.3. The third-order valence-electron chi connectivity index (χ3n) is 10.3. The lowest BCUT2D eigenvalue weighted by molar-refractivity contribution is 0.271. The molecule has 0 saturated heterocycles. The van der Waals surface area contributed by atoms with Crippen LogP contribution in [0.5, 0.6) is 5.75 Å². The molecule has 242 valence electrons. The molecule has 0 amide bonds. The van der Waals surface area contributed by atoms with E-state index in [9.17, 15) is 0 Å². The molecule has 0 radical (unpaired) electrons. The van der Waals surface area contributed by atoms with Crippen LogP contribution < -0.4 is 9.64 Å². The summed E-state index contributed by atoms with van der Waals surface area (Å²) in [4.78, 5) is 2.39. The van der Waals surface area contributed by atoms with Crippen LogP contribution in [-0.2, 0) is 0 Å². The first-order valence-corrected chi connectivity index (χ1v) is 17.5. The van der Waals surface area contributed by atoms with Crippen molar-refractivity contribution in [3.8, 4) is 28.0 Å². The van der Waals surface area contributed by atoms with Crippen molar-refractivity contribution in [2.24, 2.45) is 0 Å². The van der Waals surface area contributed by atoms with Crippen LogP contribution in [0.15, 0.2) is 193 Å². The van der Waals surface area contributed by atoms with E-state index in [-0.39, 0.29) is 12.0 Å². The van der Waals surface area contributed by atoms with Gasteiger partial charge in [0.15, 0.2) is 0 Å². The number of furan rings is 1. The van der Waals surface area contributed by atoms with Gasteiger partial charge >= 0.3 is 0 Å². The maximum absolute atomic E-state index is 6.40. The molecule has 2 heterocycles. The van der Waals surface area contributed by atoms with Crippen LogP contribution in [0.2, 0.25) is 0 Å². The van der Waals surface area contributed by atoms with Gasteiger partial charge in [-0.15, -0.1) is 0 Å². The smallest absolute Gasteiger partial charge is 0.137 e. The quantitative estimate of drug-likeness (QED) is 0.178. The average Bonchev–Trinajstić information content (AvgIpc) is 3.78. The molecular formula is C48H33NO2. The van der Waals surface area contributed by atoms with E-state index in [1.807, 2.05) is 18.2 Å². The van der Waals surface area contributed by atoms with Crippen molar-refractivity contribution in [2.45, 2.75) is 12.0 Å². The lowest BCUT2D eigenvalue weighted by Crippen LogP contribution is -2.19. The molecule has 0 N–H and O–H groups in total. The maximum atomic E-state index is 6.40. The van der Waals surface area contributed by atoms with Crippen molar-refractivity contribution < 1.29 is 9.15 Å². The standard InChI is InChI=1S/C48H33NO2/c1-2-12-32(13-3-1)33-24-26-34(27-25-33)37-14-4-7-18-41(37)49(42-19-11-23-46-48(42)40-16-6-9-21-44(40)51-46)36-30-28-35(29-31-36)38-17-10-22-45-47(38)39-15-5-8-20-43(39)50-45/h1-31,45,47H. The second-order valence-electron chi connectivity index (χ2n) is 13.2. The Morgan fingerprint density at radius 3 is 2.04 bits per heavy atom. The van der Waals surface area contributed by atoms with E-state index >= 15 is 0 Å². The van der Waals surface area contributed by atoms with Gasteiger partial charge in [0.25, 0.3) is 0 Å². The highest BCUT2D eigenvalue weighted by atomic mass is 16.5. The molecule has 2 unspecified atom stereocenters. The fourth-order valence-electron chi connectivity index (χ4n) is 7.92. The van der Waals surface area contributed by atoms with Crippen molar-refractivity contribution in [2.75, 3.05) is 4.90 Å². The molecule has 2 atom stereocenters. The number of para-hydroxylation sites is 3. The van der Waals surface area contributed by atoms with Crippen LogP contribution in [-0.4, -0.2) is 6.10 Å². The molecule has 0 spiro atoms. The van der Waals surface area contributed by atoms with Gasteiger partial charge in [0.2, 0.25) is 0 Å². The minimum absolute atomic E-state index is 0.00528. The number of hydrogen-bond acceptors (Lipinski definition) is 3. The first-order chi connectivity index (χ1) is 25.3. The molecule has 8 aromatic rings. The zero-order valence-corrected chi connectivity index (χ0v) is 27.8. The third-order valence-corrected chi connectivity index (χ3v) is 10.3. The van der Waals surface area contributed by atoms with Crippen molar-refractivity contribution in [1.82, 2.24) is 0 Å². The van der Waals surface area contributed by atoms with Crippen molar-refractivity contribution in [1.29, 1.82) is 0 Å². The minimum atomic E-state index is 0.00528. The second kappa shape index (κ2) is 12.1. The number of nitrogens with zero attached hydrogens (tertiary/aromatic N) is 1. The van der Waals surface area contributed by atoms with Crippen LogP contribution in [0.4, 0.5) is 17.1 Å². The second-order valence-corrected chi connectivity index (χ2v) is 13.2. The summed E-state index contributed by atoms with van der Waals surface area (Å²) in [6.45, 7) is 0. The lowest BCUT2D eigenvalue weighted by Gasteiger charge is -2.29. The van der Waals surface area contributed by atoms with E-state index in [0.29, 0.717) is 0 Å². The summed E-state index contributed by atoms with van der Waals surface area (Å²) in [7, 11) is 0. The van der Waals surface area contributed by atoms with E-state index in [0.717, 1.165) is 55.9 Å². The maximum Gasteiger partial charge on any atom is 0.137 e. The molecule has 7 aromatic carbocycles. The largest absolute Gasteiger partial charge is 0.485 e. The predicted octanol–water partition coefficient (Wildman–Crippen LogP) is 12.9. The highest BCUT2D eigenvalue weighted by Crippen LogP contribution is 2.49. The van der Waals surface area contributed by atoms with Crippen LogP contribution in [0, 0.1) is 0 Å². The Kier molecular flexibility index (Phi) is 6.95. The predicted molar refractivity (Wildman–Crippen MR) is 210 cm³/mol. The topological polar surface area (TPSA) is 25.6 Å². The highest BCUT2D eigenvalue weighted by molar-refractivity contribution is 6.13. The van der Waals surface area contributed by atoms with E-state index in [1.54, 1.807) is 0 Å². The van der Waals surface area contributed by atoms with Gasteiger partial charge in [-0.2, -0.15) is 0 Å². The summed E-state index contributed by atoms with van der Waals surface area (Å²) in [5, 5.41) is 2.19. The monoisotopic (exact) mass is 655 g/mol. The van der Waals surface area contributed by atoms with Gasteiger partial charge < -0.3 is 14.1 Å². The van der Waals surface area contributed by atoms with Gasteiger partial charge in [-0.25, -0.2) is 0 Å². The zero-order valence-electron chi connectivity index (χ0n) is 27.8. The number of fused-ring (bicyclic) bond motifs is 6. The molecule has 3 heteroatoms. The summed E-state index contributed by atoms with van der Waals surface area (Å²) in [5.74, 6) is 1.14. The van der Waals surface area contributed by atoms with E-state index in [2.05, 4.69) is 175 Å². The molecule has 3 nitrogen and oxygen atoms in total. The lowest BCUT2D eigenvalue weighted by atomic mass is 9.81. The minimum Gasteiger partial charge on any atom is -0.485 e. The van der Waals surface area contributed by atoms with E-state index in [1.165, 1.54) is 27.8 Å². The van der Waals surface area contributed by atoms with Crippen molar-refractivity contribution in [3.63, 3.8) is 0 Å². The molecule has 10 rings (SSSR count). The Hall–Kier alpha value is -6.58. The summed E-state index contributed by atoms with van der Waals surface area (Å²) in [5.41, 5.74) is 13.4. The molecule has 0 bridgehead atoms. The Labute approximate surface area is 297 Å². The van der Waals surface area contributed by atoms with Crippen LogP contribution in [0.1, 0.15) is 17.0 Å².